The summed E-state index contributed by atoms with van der Waals surface area (Å²) in [6, 6.07) is 12.0. The predicted molar refractivity (Wildman–Crippen MR) is 113 cm³/mol. The maximum Gasteiger partial charge on any atom is 0.243 e. The Hall–Kier alpha value is -1.90. The summed E-state index contributed by atoms with van der Waals surface area (Å²) >= 11 is 3.41. The number of nitrogens with one attached hydrogen (secondary N) is 1. The highest BCUT2D eigenvalue weighted by Crippen LogP contribution is 2.24. The van der Waals surface area contributed by atoms with E-state index < -0.39 is 10.0 Å². The Bertz CT molecular complexity index is 947. The van der Waals surface area contributed by atoms with E-state index in [1.165, 1.54) is 13.2 Å². The molecule has 2 aromatic rings. The van der Waals surface area contributed by atoms with Gasteiger partial charge in [0.25, 0.3) is 0 Å². The van der Waals surface area contributed by atoms with Gasteiger partial charge in [-0.1, -0.05) is 35.0 Å². The largest absolute Gasteiger partial charge is 0.496 e. The molecule has 0 heterocycles. The molecule has 0 bridgehead atoms. The van der Waals surface area contributed by atoms with Gasteiger partial charge in [0.05, 0.1) is 24.6 Å². The number of aryl methyl sites for hydroxylation is 1. The van der Waals surface area contributed by atoms with Gasteiger partial charge in [-0.15, -0.1) is 0 Å². The number of halogens is 1. The quantitative estimate of drug-likeness (QED) is 0.641. The monoisotopic (exact) mass is 468 g/mol. The Morgan fingerprint density at radius 3 is 2.54 bits per heavy atom. The summed E-state index contributed by atoms with van der Waals surface area (Å²) in [5, 5.41) is 2.86. The standard InChI is InChI=1S/C20H25BrN2O4S/c1-5-23(28(25,26)18-9-10-19(27-4)14(2)11-18)13-20(24)22-15(3)16-7-6-8-17(21)12-16/h6-12,15H,5,13H2,1-4H3,(H,22,24)/t15-/m0/s1. The summed E-state index contributed by atoms with van der Waals surface area (Å²) in [4.78, 5) is 12.6. The first-order chi connectivity index (χ1) is 13.2. The number of carbonyl (C=O) groups excluding carboxylic acids is 1. The Labute approximate surface area is 175 Å². The van der Waals surface area contributed by atoms with Gasteiger partial charge in [0.15, 0.2) is 0 Å². The van der Waals surface area contributed by atoms with Crippen LogP contribution >= 0.6 is 15.9 Å². The number of likely N-dealkylation sites (N-methyl/N-ethyl adjacent to an activating group) is 1. The molecule has 0 aliphatic rings. The lowest BCUT2D eigenvalue weighted by molar-refractivity contribution is -0.121. The number of hydrogen-bond acceptors (Lipinski definition) is 4. The maximum absolute atomic E-state index is 13.0. The first-order valence-corrected chi connectivity index (χ1v) is 11.1. The van der Waals surface area contributed by atoms with Gasteiger partial charge in [-0.3, -0.25) is 4.79 Å². The third kappa shape index (κ3) is 5.33. The third-order valence-corrected chi connectivity index (χ3v) is 6.81. The van der Waals surface area contributed by atoms with Gasteiger partial charge in [0, 0.05) is 11.0 Å². The minimum absolute atomic E-state index is 0.139. The van der Waals surface area contributed by atoms with Gasteiger partial charge in [-0.2, -0.15) is 4.31 Å². The smallest absolute Gasteiger partial charge is 0.243 e. The Balaban J connectivity index is 2.13. The molecule has 0 fully saturated rings. The van der Waals surface area contributed by atoms with Crippen LogP contribution in [0.2, 0.25) is 0 Å². The summed E-state index contributed by atoms with van der Waals surface area (Å²) < 4.78 is 33.2. The molecule has 0 aromatic heterocycles. The van der Waals surface area contributed by atoms with Crippen molar-refractivity contribution in [3.8, 4) is 5.75 Å². The Morgan fingerprint density at radius 2 is 1.96 bits per heavy atom. The molecule has 0 saturated carbocycles. The molecule has 28 heavy (non-hydrogen) atoms. The van der Waals surface area contributed by atoms with E-state index in [0.717, 1.165) is 14.3 Å². The molecule has 2 aromatic carbocycles. The first-order valence-electron chi connectivity index (χ1n) is 8.88. The van der Waals surface area contributed by atoms with E-state index >= 15 is 0 Å². The van der Waals surface area contributed by atoms with E-state index in [4.69, 9.17) is 4.74 Å². The van der Waals surface area contributed by atoms with Gasteiger partial charge in [0.2, 0.25) is 15.9 Å². The molecule has 0 saturated heterocycles. The minimum atomic E-state index is -3.79. The molecule has 8 heteroatoms. The molecule has 0 aliphatic carbocycles. The number of ether oxygens (including phenoxy) is 1. The SMILES string of the molecule is CCN(CC(=O)N[C@@H](C)c1cccc(Br)c1)S(=O)(=O)c1ccc(OC)c(C)c1. The lowest BCUT2D eigenvalue weighted by Gasteiger charge is -2.22. The summed E-state index contributed by atoms with van der Waals surface area (Å²) in [5.74, 6) is 0.255. The van der Waals surface area contributed by atoms with E-state index in [1.54, 1.807) is 26.0 Å². The van der Waals surface area contributed by atoms with Crippen LogP contribution in [0.3, 0.4) is 0 Å². The zero-order chi connectivity index (χ0) is 20.9. The van der Waals surface area contributed by atoms with Crippen LogP contribution < -0.4 is 10.1 Å². The number of rotatable bonds is 8. The van der Waals surface area contributed by atoms with Crippen LogP contribution in [0.25, 0.3) is 0 Å². The summed E-state index contributed by atoms with van der Waals surface area (Å²) in [6.45, 7) is 5.28. The number of methoxy groups -OCH3 is 1. The normalized spacial score (nSPS) is 12.6. The highest BCUT2D eigenvalue weighted by Gasteiger charge is 2.26. The van der Waals surface area contributed by atoms with E-state index in [9.17, 15) is 13.2 Å². The number of nitrogens with zero attached hydrogens (tertiary/aromatic N) is 1. The number of amides is 1. The Morgan fingerprint density at radius 1 is 1.25 bits per heavy atom. The molecule has 152 valence electrons. The van der Waals surface area contributed by atoms with Crippen molar-refractivity contribution >= 4 is 31.9 Å². The molecular weight excluding hydrogens is 444 g/mol. The number of carbonyl (C=O) groups is 1. The molecule has 0 unspecified atom stereocenters. The van der Waals surface area contributed by atoms with Crippen molar-refractivity contribution < 1.29 is 17.9 Å². The van der Waals surface area contributed by atoms with E-state index in [-0.39, 0.29) is 29.9 Å². The highest BCUT2D eigenvalue weighted by atomic mass is 79.9. The number of sulfonamides is 1. The van der Waals surface area contributed by atoms with E-state index in [1.807, 2.05) is 31.2 Å². The lowest BCUT2D eigenvalue weighted by Crippen LogP contribution is -2.41. The number of benzene rings is 2. The molecule has 1 amide bonds. The van der Waals surface area contributed by atoms with Crippen LogP contribution in [0.5, 0.6) is 5.75 Å². The van der Waals surface area contributed by atoms with Crippen molar-refractivity contribution in [2.75, 3.05) is 20.2 Å². The second-order valence-electron chi connectivity index (χ2n) is 6.41. The molecule has 1 N–H and O–H groups in total. The van der Waals surface area contributed by atoms with Crippen molar-refractivity contribution in [2.45, 2.75) is 31.7 Å². The maximum atomic E-state index is 13.0. The van der Waals surface area contributed by atoms with Gasteiger partial charge in [0.1, 0.15) is 5.75 Å². The van der Waals surface area contributed by atoms with Crippen LogP contribution in [-0.4, -0.2) is 38.8 Å². The second kappa shape index (κ2) is 9.54. The summed E-state index contributed by atoms with van der Waals surface area (Å²) in [6.07, 6.45) is 0. The van der Waals surface area contributed by atoms with Crippen LogP contribution in [0, 0.1) is 6.92 Å². The molecule has 6 nitrogen and oxygen atoms in total. The summed E-state index contributed by atoms with van der Waals surface area (Å²) in [5.41, 5.74) is 1.65. The van der Waals surface area contributed by atoms with E-state index in [0.29, 0.717) is 11.3 Å². The zero-order valence-electron chi connectivity index (χ0n) is 16.4. The average Bonchev–Trinajstić information content (AvgIpc) is 2.65. The van der Waals surface area contributed by atoms with Crippen LogP contribution in [0.15, 0.2) is 51.8 Å². The van der Waals surface area contributed by atoms with Crippen LogP contribution in [0.4, 0.5) is 0 Å². The van der Waals surface area contributed by atoms with Gasteiger partial charge in [-0.05, 0) is 55.3 Å². The third-order valence-electron chi connectivity index (χ3n) is 4.40. The second-order valence-corrected chi connectivity index (χ2v) is 9.26. The van der Waals surface area contributed by atoms with E-state index in [2.05, 4.69) is 21.2 Å². The lowest BCUT2D eigenvalue weighted by atomic mass is 10.1. The molecule has 0 aliphatic heterocycles. The fourth-order valence-corrected chi connectivity index (χ4v) is 4.74. The molecule has 0 spiro atoms. The molecular formula is C20H25BrN2O4S. The topological polar surface area (TPSA) is 75.7 Å². The van der Waals surface area contributed by atoms with Crippen LogP contribution in [-0.2, 0) is 14.8 Å². The summed E-state index contributed by atoms with van der Waals surface area (Å²) in [7, 11) is -2.26. The molecule has 0 radical (unpaired) electrons. The van der Waals surface area contributed by atoms with Crippen molar-refractivity contribution in [1.29, 1.82) is 0 Å². The van der Waals surface area contributed by atoms with Crippen molar-refractivity contribution in [1.82, 2.24) is 9.62 Å². The van der Waals surface area contributed by atoms with Crippen molar-refractivity contribution in [3.63, 3.8) is 0 Å². The van der Waals surface area contributed by atoms with Gasteiger partial charge >= 0.3 is 0 Å². The fraction of sp³-hybridized carbons (Fsp3) is 0.350. The van der Waals surface area contributed by atoms with Gasteiger partial charge < -0.3 is 10.1 Å². The van der Waals surface area contributed by atoms with Crippen LogP contribution in [0.1, 0.15) is 31.0 Å². The highest BCUT2D eigenvalue weighted by molar-refractivity contribution is 9.10. The zero-order valence-corrected chi connectivity index (χ0v) is 18.8. The van der Waals surface area contributed by atoms with Gasteiger partial charge in [-0.25, -0.2) is 8.42 Å². The molecule has 2 rings (SSSR count). The van der Waals surface area contributed by atoms with Crippen molar-refractivity contribution in [3.05, 3.63) is 58.1 Å². The fourth-order valence-electron chi connectivity index (χ4n) is 2.83. The van der Waals surface area contributed by atoms with Crippen molar-refractivity contribution in [2.24, 2.45) is 0 Å². The predicted octanol–water partition coefficient (Wildman–Crippen LogP) is 3.65. The average molecular weight is 469 g/mol. The number of hydrogen-bond donors (Lipinski definition) is 1. The minimum Gasteiger partial charge on any atom is -0.496 e. The molecule has 1 atom stereocenters. The first kappa shape index (κ1) is 22.4. The Kier molecular flexibility index (Phi) is 7.63.